The third-order valence-corrected chi connectivity index (χ3v) is 7.79. The first kappa shape index (κ1) is 18.2. The smallest absolute Gasteiger partial charge is 0.305 e. The lowest BCUT2D eigenvalue weighted by Crippen LogP contribution is -2.32. The van der Waals surface area contributed by atoms with E-state index >= 15 is 0 Å². The average molecular weight is 425 g/mol. The van der Waals surface area contributed by atoms with Crippen molar-refractivity contribution in [1.29, 1.82) is 0 Å². The second kappa shape index (κ2) is 6.60. The molecule has 3 atom stereocenters. The average Bonchev–Trinajstić information content (AvgIpc) is 3.19. The number of imide groups is 1. The minimum atomic E-state index is -0.693. The van der Waals surface area contributed by atoms with E-state index < -0.39 is 17.1 Å². The maximum atomic E-state index is 13.5. The van der Waals surface area contributed by atoms with Crippen molar-refractivity contribution in [1.82, 2.24) is 4.98 Å². The fraction of sp³-hybridized carbons (Fsp3) is 0.190. The number of carbonyl (C=O) groups is 2. The largest absolute Gasteiger partial charge is 0.508 e. The molecule has 2 aliphatic rings. The topological polar surface area (TPSA) is 90.5 Å². The van der Waals surface area contributed by atoms with Gasteiger partial charge in [-0.2, -0.15) is 0 Å². The molecule has 1 aromatic heterocycles. The van der Waals surface area contributed by atoms with Crippen LogP contribution in [0.15, 0.2) is 58.4 Å². The summed E-state index contributed by atoms with van der Waals surface area (Å²) in [6.45, 7) is 1.94. The first-order valence-corrected chi connectivity index (χ1v) is 10.8. The van der Waals surface area contributed by atoms with E-state index in [9.17, 15) is 19.5 Å². The molecule has 0 aliphatic carbocycles. The van der Waals surface area contributed by atoms with Crippen LogP contribution in [-0.4, -0.2) is 27.2 Å². The number of nitrogens with one attached hydrogen (secondary N) is 1. The highest BCUT2D eigenvalue weighted by atomic mass is 32.2. The molecule has 3 aromatic rings. The fourth-order valence-corrected chi connectivity index (χ4v) is 6.56. The fourth-order valence-electron chi connectivity index (χ4n) is 4.05. The number of amides is 2. The number of aromatic hydroxyl groups is 1. The summed E-state index contributed by atoms with van der Waals surface area (Å²) < 4.78 is 0. The van der Waals surface area contributed by atoms with Gasteiger partial charge in [0.15, 0.2) is 0 Å². The number of hydrogen-bond acceptors (Lipinski definition) is 6. The number of anilines is 1. The Morgan fingerprint density at radius 3 is 2.45 bits per heavy atom. The Morgan fingerprint density at radius 1 is 1.00 bits per heavy atom. The third kappa shape index (κ3) is 2.74. The quantitative estimate of drug-likeness (QED) is 0.617. The molecule has 2 N–H and O–H groups in total. The van der Waals surface area contributed by atoms with Gasteiger partial charge in [-0.1, -0.05) is 59.0 Å². The molecule has 1 fully saturated rings. The predicted molar refractivity (Wildman–Crippen MR) is 112 cm³/mol. The molecule has 3 heterocycles. The van der Waals surface area contributed by atoms with Crippen molar-refractivity contribution in [2.24, 2.45) is 5.92 Å². The molecule has 0 radical (unpaired) electrons. The molecule has 1 saturated heterocycles. The number of aromatic nitrogens is 1. The van der Waals surface area contributed by atoms with Crippen molar-refractivity contribution in [3.05, 3.63) is 74.2 Å². The number of phenols is 1. The lowest BCUT2D eigenvalue weighted by atomic mass is 9.82. The van der Waals surface area contributed by atoms with Gasteiger partial charge in [0.2, 0.25) is 11.8 Å². The number of thiazole rings is 1. The predicted octanol–water partition coefficient (Wildman–Crippen LogP) is 3.25. The van der Waals surface area contributed by atoms with Crippen LogP contribution < -0.4 is 9.77 Å². The zero-order valence-electron chi connectivity index (χ0n) is 15.3. The minimum absolute atomic E-state index is 0.0454. The lowest BCUT2D eigenvalue weighted by molar-refractivity contribution is -0.122. The summed E-state index contributed by atoms with van der Waals surface area (Å²) in [6, 6.07) is 14.0. The van der Waals surface area contributed by atoms with Crippen molar-refractivity contribution in [2.75, 3.05) is 4.90 Å². The summed E-state index contributed by atoms with van der Waals surface area (Å²) in [6.07, 6.45) is 0. The van der Waals surface area contributed by atoms with E-state index in [-0.39, 0.29) is 22.4 Å². The Kier molecular flexibility index (Phi) is 4.15. The molecule has 8 heteroatoms. The van der Waals surface area contributed by atoms with Crippen molar-refractivity contribution in [3.63, 3.8) is 0 Å². The number of benzene rings is 2. The Morgan fingerprint density at radius 2 is 1.72 bits per heavy atom. The van der Waals surface area contributed by atoms with Crippen LogP contribution in [0.3, 0.4) is 0 Å². The van der Waals surface area contributed by atoms with E-state index in [4.69, 9.17) is 0 Å². The Hall–Kier alpha value is -2.84. The van der Waals surface area contributed by atoms with Gasteiger partial charge in [-0.15, -0.1) is 0 Å². The summed E-state index contributed by atoms with van der Waals surface area (Å²) in [4.78, 5) is 43.2. The van der Waals surface area contributed by atoms with E-state index in [0.717, 1.165) is 16.9 Å². The van der Waals surface area contributed by atoms with Gasteiger partial charge < -0.3 is 10.1 Å². The number of H-pyrrole nitrogens is 1. The van der Waals surface area contributed by atoms with Gasteiger partial charge in [-0.3, -0.25) is 14.4 Å². The molecular formula is C21H16N2O4S2. The number of aromatic amines is 1. The van der Waals surface area contributed by atoms with Gasteiger partial charge in [0.1, 0.15) is 11.0 Å². The summed E-state index contributed by atoms with van der Waals surface area (Å²) >= 11 is 2.26. The summed E-state index contributed by atoms with van der Waals surface area (Å²) in [5, 5.41) is 10.4. The van der Waals surface area contributed by atoms with Crippen LogP contribution in [0.4, 0.5) is 5.69 Å². The maximum absolute atomic E-state index is 13.5. The number of rotatable bonds is 2. The SMILES string of the molecule is Cc1ccc(N2C(=O)C3Sc4[nH]c(=O)sc4C(c4ccccc4O)C3C2=O)cc1. The molecule has 6 nitrogen and oxygen atoms in total. The van der Waals surface area contributed by atoms with Crippen molar-refractivity contribution in [2.45, 2.75) is 23.1 Å². The van der Waals surface area contributed by atoms with Crippen LogP contribution in [0.1, 0.15) is 21.9 Å². The summed E-state index contributed by atoms with van der Waals surface area (Å²) in [7, 11) is 0. The van der Waals surface area contributed by atoms with E-state index in [0.29, 0.717) is 21.2 Å². The summed E-state index contributed by atoms with van der Waals surface area (Å²) in [5.74, 6) is -1.82. The third-order valence-electron chi connectivity index (χ3n) is 5.39. The normalized spacial score (nSPS) is 23.2. The zero-order chi connectivity index (χ0) is 20.3. The Balaban J connectivity index is 1.67. The van der Waals surface area contributed by atoms with E-state index in [1.807, 2.05) is 19.1 Å². The maximum Gasteiger partial charge on any atom is 0.305 e. The monoisotopic (exact) mass is 424 g/mol. The number of aryl methyl sites for hydroxylation is 1. The molecule has 5 rings (SSSR count). The van der Waals surface area contributed by atoms with Crippen LogP contribution in [-0.2, 0) is 9.59 Å². The molecule has 146 valence electrons. The first-order chi connectivity index (χ1) is 14.0. The zero-order valence-corrected chi connectivity index (χ0v) is 16.9. The van der Waals surface area contributed by atoms with Gasteiger partial charge in [0, 0.05) is 16.4 Å². The highest BCUT2D eigenvalue weighted by Crippen LogP contribution is 2.54. The number of hydrogen-bond donors (Lipinski definition) is 2. The van der Waals surface area contributed by atoms with E-state index in [1.165, 1.54) is 16.7 Å². The highest BCUT2D eigenvalue weighted by Gasteiger charge is 2.56. The van der Waals surface area contributed by atoms with E-state index in [1.54, 1.807) is 36.4 Å². The highest BCUT2D eigenvalue weighted by molar-refractivity contribution is 8.00. The Labute approximate surface area is 174 Å². The number of fused-ring (bicyclic) bond motifs is 2. The van der Waals surface area contributed by atoms with Gasteiger partial charge in [0.25, 0.3) is 0 Å². The van der Waals surface area contributed by atoms with E-state index in [2.05, 4.69) is 4.98 Å². The first-order valence-electron chi connectivity index (χ1n) is 9.07. The van der Waals surface area contributed by atoms with Crippen LogP contribution in [0.5, 0.6) is 5.75 Å². The molecule has 29 heavy (non-hydrogen) atoms. The standard InChI is InChI=1S/C21H16N2O4S2/c1-10-6-8-11(9-7-10)23-19(25)15-14(12-4-2-3-5-13(12)24)16-18(22-21(27)29-16)28-17(15)20(23)26/h2-9,14-15,17,24H,1H3,(H,22,27). The molecule has 2 aliphatic heterocycles. The number of para-hydroxylation sites is 1. The van der Waals surface area contributed by atoms with Gasteiger partial charge in [0.05, 0.1) is 16.6 Å². The Bertz CT molecular complexity index is 1200. The van der Waals surface area contributed by atoms with Crippen LogP contribution in [0, 0.1) is 12.8 Å². The van der Waals surface area contributed by atoms with Crippen LogP contribution in [0.2, 0.25) is 0 Å². The second-order valence-electron chi connectivity index (χ2n) is 7.16. The molecule has 0 saturated carbocycles. The molecule has 2 aromatic carbocycles. The van der Waals surface area contributed by atoms with Gasteiger partial charge in [-0.25, -0.2) is 4.90 Å². The van der Waals surface area contributed by atoms with Crippen molar-refractivity contribution < 1.29 is 14.7 Å². The minimum Gasteiger partial charge on any atom is -0.508 e. The molecule has 2 amide bonds. The second-order valence-corrected chi connectivity index (χ2v) is 9.32. The molecular weight excluding hydrogens is 408 g/mol. The van der Waals surface area contributed by atoms with Crippen molar-refractivity contribution in [3.8, 4) is 5.75 Å². The van der Waals surface area contributed by atoms with Crippen molar-refractivity contribution >= 4 is 40.6 Å². The molecule has 0 bridgehead atoms. The number of thioether (sulfide) groups is 1. The van der Waals surface area contributed by atoms with Crippen LogP contribution in [0.25, 0.3) is 0 Å². The summed E-state index contributed by atoms with van der Waals surface area (Å²) in [5.41, 5.74) is 2.12. The van der Waals surface area contributed by atoms with Gasteiger partial charge >= 0.3 is 4.87 Å². The molecule has 3 unspecified atom stereocenters. The van der Waals surface area contributed by atoms with Crippen LogP contribution >= 0.6 is 23.1 Å². The number of phenolic OH excluding ortho intramolecular Hbond substituents is 1. The molecule has 0 spiro atoms. The lowest BCUT2D eigenvalue weighted by Gasteiger charge is -2.30. The number of carbonyl (C=O) groups excluding carboxylic acids is 2. The number of nitrogens with zero attached hydrogens (tertiary/aromatic N) is 1. The van der Waals surface area contributed by atoms with Gasteiger partial charge in [-0.05, 0) is 25.1 Å².